The number of aliphatic hydroxyl groups is 1. The van der Waals surface area contributed by atoms with Crippen molar-refractivity contribution < 1.29 is 5.11 Å². The molecule has 3 heteroatoms. The smallest absolute Gasteiger partial charge is 0.0677 e. The molecule has 3 nitrogen and oxygen atoms in total. The Hall–Kier alpha value is -0.900. The largest absolute Gasteiger partial charge is 0.392 e. The van der Waals surface area contributed by atoms with E-state index in [1.54, 1.807) is 0 Å². The van der Waals surface area contributed by atoms with Gasteiger partial charge in [-0.1, -0.05) is 30.3 Å². The fraction of sp³-hybridized carbons (Fsp3) is 0.538. The molecule has 2 N–H and O–H groups in total. The molecule has 16 heavy (non-hydrogen) atoms. The number of hydrogen-bond acceptors (Lipinski definition) is 3. The van der Waals surface area contributed by atoms with Crippen molar-refractivity contribution in [2.45, 2.75) is 25.6 Å². The van der Waals surface area contributed by atoms with Gasteiger partial charge in [-0.2, -0.15) is 0 Å². The van der Waals surface area contributed by atoms with Gasteiger partial charge in [-0.05, 0) is 12.5 Å². The van der Waals surface area contributed by atoms with Crippen LogP contribution in [0.5, 0.6) is 0 Å². The number of rotatable bonds is 3. The van der Waals surface area contributed by atoms with Crippen molar-refractivity contribution in [3.8, 4) is 0 Å². The Morgan fingerprint density at radius 2 is 2.19 bits per heavy atom. The first-order valence-electron chi connectivity index (χ1n) is 5.93. The molecule has 1 saturated heterocycles. The zero-order valence-corrected chi connectivity index (χ0v) is 9.76. The van der Waals surface area contributed by atoms with Gasteiger partial charge < -0.3 is 10.4 Å². The normalized spacial score (nSPS) is 24.2. The van der Waals surface area contributed by atoms with E-state index in [2.05, 4.69) is 34.5 Å². The summed E-state index contributed by atoms with van der Waals surface area (Å²) < 4.78 is 0. The average molecular weight is 220 g/mol. The highest BCUT2D eigenvalue weighted by molar-refractivity contribution is 5.14. The molecule has 0 saturated carbocycles. The van der Waals surface area contributed by atoms with Crippen LogP contribution in [0, 0.1) is 0 Å². The standard InChI is InChI=1S/C13H20N2O/c1-11(16)13-10-15(8-7-14-13)9-12-5-3-2-4-6-12/h2-6,11,13-14,16H,7-10H2,1H3/t11-,13+/m1/s1. The predicted octanol–water partition coefficient (Wildman–Crippen LogP) is 0.841. The molecular weight excluding hydrogens is 200 g/mol. The molecule has 0 aromatic heterocycles. The summed E-state index contributed by atoms with van der Waals surface area (Å²) in [4.78, 5) is 2.39. The van der Waals surface area contributed by atoms with Gasteiger partial charge in [0.1, 0.15) is 0 Å². The van der Waals surface area contributed by atoms with E-state index in [0.717, 1.165) is 26.2 Å². The van der Waals surface area contributed by atoms with Crippen LogP contribution in [0.15, 0.2) is 30.3 Å². The first-order valence-corrected chi connectivity index (χ1v) is 5.93. The van der Waals surface area contributed by atoms with Gasteiger partial charge in [-0.25, -0.2) is 0 Å². The van der Waals surface area contributed by atoms with E-state index < -0.39 is 0 Å². The van der Waals surface area contributed by atoms with Gasteiger partial charge in [0.15, 0.2) is 0 Å². The molecule has 2 rings (SSSR count). The lowest BCUT2D eigenvalue weighted by Crippen LogP contribution is -2.54. The van der Waals surface area contributed by atoms with Gasteiger partial charge in [0.2, 0.25) is 0 Å². The van der Waals surface area contributed by atoms with Crippen LogP contribution < -0.4 is 5.32 Å². The molecule has 88 valence electrons. The third kappa shape index (κ3) is 3.04. The molecule has 0 amide bonds. The molecule has 0 bridgehead atoms. The van der Waals surface area contributed by atoms with E-state index in [1.807, 2.05) is 13.0 Å². The molecule has 2 atom stereocenters. The third-order valence-corrected chi connectivity index (χ3v) is 3.12. The molecule has 1 aromatic rings. The number of aliphatic hydroxyl groups excluding tert-OH is 1. The SMILES string of the molecule is C[C@@H](O)[C@@H]1CN(Cc2ccccc2)CCN1. The lowest BCUT2D eigenvalue weighted by molar-refractivity contribution is 0.0887. The van der Waals surface area contributed by atoms with E-state index >= 15 is 0 Å². The Labute approximate surface area is 97.1 Å². The van der Waals surface area contributed by atoms with Crippen molar-refractivity contribution >= 4 is 0 Å². The number of benzene rings is 1. The zero-order chi connectivity index (χ0) is 11.4. The summed E-state index contributed by atoms with van der Waals surface area (Å²) in [5, 5.41) is 12.9. The highest BCUT2D eigenvalue weighted by Gasteiger charge is 2.22. The minimum absolute atomic E-state index is 0.206. The van der Waals surface area contributed by atoms with Crippen LogP contribution in [-0.4, -0.2) is 41.8 Å². The van der Waals surface area contributed by atoms with Gasteiger partial charge in [0, 0.05) is 32.2 Å². The summed E-state index contributed by atoms with van der Waals surface area (Å²) in [5.41, 5.74) is 1.34. The minimum atomic E-state index is -0.279. The lowest BCUT2D eigenvalue weighted by atomic mass is 10.1. The van der Waals surface area contributed by atoms with E-state index in [0.29, 0.717) is 0 Å². The Balaban J connectivity index is 1.90. The van der Waals surface area contributed by atoms with E-state index in [-0.39, 0.29) is 12.1 Å². The van der Waals surface area contributed by atoms with Crippen molar-refractivity contribution in [2.75, 3.05) is 19.6 Å². The third-order valence-electron chi connectivity index (χ3n) is 3.12. The molecule has 0 aliphatic carbocycles. The van der Waals surface area contributed by atoms with Gasteiger partial charge in [0.25, 0.3) is 0 Å². The number of nitrogens with one attached hydrogen (secondary N) is 1. The van der Waals surface area contributed by atoms with Crippen LogP contribution in [-0.2, 0) is 6.54 Å². The van der Waals surface area contributed by atoms with Crippen LogP contribution in [0.3, 0.4) is 0 Å². The van der Waals surface area contributed by atoms with Gasteiger partial charge in [-0.15, -0.1) is 0 Å². The van der Waals surface area contributed by atoms with Crippen LogP contribution in [0.2, 0.25) is 0 Å². The quantitative estimate of drug-likeness (QED) is 0.792. The first kappa shape index (κ1) is 11.6. The van der Waals surface area contributed by atoms with Gasteiger partial charge >= 0.3 is 0 Å². The van der Waals surface area contributed by atoms with Crippen LogP contribution >= 0.6 is 0 Å². The second-order valence-electron chi connectivity index (χ2n) is 4.52. The van der Waals surface area contributed by atoms with Crippen molar-refractivity contribution in [3.63, 3.8) is 0 Å². The second kappa shape index (κ2) is 5.43. The van der Waals surface area contributed by atoms with Gasteiger partial charge in [-0.3, -0.25) is 4.90 Å². The summed E-state index contributed by atoms with van der Waals surface area (Å²) in [6, 6.07) is 10.7. The summed E-state index contributed by atoms with van der Waals surface area (Å²) >= 11 is 0. The van der Waals surface area contributed by atoms with Crippen molar-refractivity contribution in [1.82, 2.24) is 10.2 Å². The average Bonchev–Trinajstić information content (AvgIpc) is 2.30. The molecule has 1 aliphatic heterocycles. The Morgan fingerprint density at radius 3 is 2.88 bits per heavy atom. The molecule has 1 fully saturated rings. The lowest BCUT2D eigenvalue weighted by Gasteiger charge is -2.35. The fourth-order valence-corrected chi connectivity index (χ4v) is 2.15. The number of piperazine rings is 1. The zero-order valence-electron chi connectivity index (χ0n) is 9.76. The summed E-state index contributed by atoms with van der Waals surface area (Å²) in [6.07, 6.45) is -0.279. The number of nitrogens with zero attached hydrogens (tertiary/aromatic N) is 1. The van der Waals surface area contributed by atoms with E-state index in [1.165, 1.54) is 5.56 Å². The molecular formula is C13H20N2O. The van der Waals surface area contributed by atoms with Gasteiger partial charge in [0.05, 0.1) is 6.10 Å². The fourth-order valence-electron chi connectivity index (χ4n) is 2.15. The van der Waals surface area contributed by atoms with E-state index in [9.17, 15) is 5.11 Å². The Bertz CT molecular complexity index is 313. The van der Waals surface area contributed by atoms with Crippen molar-refractivity contribution in [2.24, 2.45) is 0 Å². The molecule has 0 unspecified atom stereocenters. The van der Waals surface area contributed by atoms with Crippen LogP contribution in [0.4, 0.5) is 0 Å². The molecule has 0 spiro atoms. The molecule has 1 aliphatic rings. The maximum Gasteiger partial charge on any atom is 0.0677 e. The Morgan fingerprint density at radius 1 is 1.44 bits per heavy atom. The molecule has 1 aromatic carbocycles. The van der Waals surface area contributed by atoms with E-state index in [4.69, 9.17) is 0 Å². The molecule has 0 radical (unpaired) electrons. The Kier molecular flexibility index (Phi) is 3.93. The second-order valence-corrected chi connectivity index (χ2v) is 4.52. The van der Waals surface area contributed by atoms with Crippen LogP contribution in [0.1, 0.15) is 12.5 Å². The van der Waals surface area contributed by atoms with Crippen molar-refractivity contribution in [1.29, 1.82) is 0 Å². The maximum atomic E-state index is 9.57. The van der Waals surface area contributed by atoms with Crippen molar-refractivity contribution in [3.05, 3.63) is 35.9 Å². The number of hydrogen-bond donors (Lipinski definition) is 2. The summed E-state index contributed by atoms with van der Waals surface area (Å²) in [6.45, 7) is 5.77. The van der Waals surface area contributed by atoms with Crippen LogP contribution in [0.25, 0.3) is 0 Å². The first-order chi connectivity index (χ1) is 7.75. The minimum Gasteiger partial charge on any atom is -0.392 e. The maximum absolute atomic E-state index is 9.57. The summed E-state index contributed by atoms with van der Waals surface area (Å²) in [5.74, 6) is 0. The highest BCUT2D eigenvalue weighted by Crippen LogP contribution is 2.08. The predicted molar refractivity (Wildman–Crippen MR) is 65.2 cm³/mol. The monoisotopic (exact) mass is 220 g/mol. The topological polar surface area (TPSA) is 35.5 Å². The molecule has 1 heterocycles. The highest BCUT2D eigenvalue weighted by atomic mass is 16.3. The summed E-state index contributed by atoms with van der Waals surface area (Å²) in [7, 11) is 0.